The summed E-state index contributed by atoms with van der Waals surface area (Å²) >= 11 is 1.56. The average Bonchev–Trinajstić information content (AvgIpc) is 3.08. The third-order valence-corrected chi connectivity index (χ3v) is 5.76. The van der Waals surface area contributed by atoms with E-state index in [1.807, 2.05) is 36.4 Å². The van der Waals surface area contributed by atoms with Crippen LogP contribution in [0.2, 0.25) is 0 Å². The monoisotopic (exact) mass is 350 g/mol. The summed E-state index contributed by atoms with van der Waals surface area (Å²) in [6.45, 7) is 0. The molecule has 1 heterocycles. The van der Waals surface area contributed by atoms with E-state index in [1.54, 1.807) is 17.4 Å². The van der Waals surface area contributed by atoms with Gasteiger partial charge in [0.15, 0.2) is 0 Å². The number of hydrazone groups is 1. The molecule has 5 heteroatoms. The fourth-order valence-corrected chi connectivity index (χ4v) is 4.38. The van der Waals surface area contributed by atoms with Gasteiger partial charge < -0.3 is 5.11 Å². The van der Waals surface area contributed by atoms with Crippen LogP contribution >= 0.6 is 11.3 Å². The van der Waals surface area contributed by atoms with Crippen LogP contribution in [0.15, 0.2) is 47.6 Å². The van der Waals surface area contributed by atoms with Crippen molar-refractivity contribution in [2.75, 3.05) is 0 Å². The standard InChI is InChI=1S/C20H18N2O2S/c23-17-10-9-13-5-1-3-7-15(13)16(17)12-21-22-20(24)19-11-14-6-2-4-8-18(14)25-19/h1,3,5,7,9-12,23H,2,4,6,8H2,(H,22,24)/b21-12+. The maximum Gasteiger partial charge on any atom is 0.281 e. The largest absolute Gasteiger partial charge is 0.507 e. The van der Waals surface area contributed by atoms with E-state index in [1.165, 1.54) is 29.5 Å². The highest BCUT2D eigenvalue weighted by Gasteiger charge is 2.16. The molecule has 3 aromatic rings. The Labute approximate surface area is 149 Å². The van der Waals surface area contributed by atoms with Crippen molar-refractivity contribution in [1.82, 2.24) is 5.43 Å². The number of nitrogens with zero attached hydrogens (tertiary/aromatic N) is 1. The normalized spacial score (nSPS) is 13.9. The lowest BCUT2D eigenvalue weighted by Gasteiger charge is -2.08. The number of carbonyl (C=O) groups is 1. The molecule has 1 aliphatic carbocycles. The first-order valence-corrected chi connectivity index (χ1v) is 9.20. The third kappa shape index (κ3) is 3.15. The van der Waals surface area contributed by atoms with Gasteiger partial charge in [0, 0.05) is 10.4 Å². The maximum atomic E-state index is 12.3. The van der Waals surface area contributed by atoms with Crippen LogP contribution in [-0.4, -0.2) is 17.2 Å². The van der Waals surface area contributed by atoms with Crippen LogP contribution in [0.5, 0.6) is 5.75 Å². The molecule has 1 aliphatic rings. The van der Waals surface area contributed by atoms with Crippen molar-refractivity contribution in [3.8, 4) is 5.75 Å². The molecule has 0 radical (unpaired) electrons. The van der Waals surface area contributed by atoms with E-state index in [-0.39, 0.29) is 11.7 Å². The Morgan fingerprint density at radius 3 is 2.88 bits per heavy atom. The van der Waals surface area contributed by atoms with Crippen molar-refractivity contribution in [3.05, 3.63) is 63.3 Å². The van der Waals surface area contributed by atoms with Crippen LogP contribution in [0.3, 0.4) is 0 Å². The zero-order valence-corrected chi connectivity index (χ0v) is 14.5. The van der Waals surface area contributed by atoms with Crippen molar-refractivity contribution in [2.24, 2.45) is 5.10 Å². The molecule has 4 rings (SSSR count). The third-order valence-electron chi connectivity index (χ3n) is 4.53. The van der Waals surface area contributed by atoms with Gasteiger partial charge in [-0.25, -0.2) is 5.43 Å². The SMILES string of the molecule is O=C(N/N=C/c1c(O)ccc2ccccc12)c1cc2c(s1)CCCC2. The molecule has 0 fully saturated rings. The van der Waals surface area contributed by atoms with Crippen LogP contribution in [-0.2, 0) is 12.8 Å². The lowest BCUT2D eigenvalue weighted by molar-refractivity contribution is 0.0959. The van der Waals surface area contributed by atoms with Gasteiger partial charge in [0.25, 0.3) is 5.91 Å². The number of amides is 1. The molecule has 1 amide bonds. The molecule has 2 N–H and O–H groups in total. The molecule has 0 spiro atoms. The smallest absolute Gasteiger partial charge is 0.281 e. The summed E-state index contributed by atoms with van der Waals surface area (Å²) in [4.78, 5) is 14.4. The first-order chi connectivity index (χ1) is 12.2. The summed E-state index contributed by atoms with van der Waals surface area (Å²) in [6.07, 6.45) is 6.03. The minimum atomic E-state index is -0.199. The molecule has 126 valence electrons. The average molecular weight is 350 g/mol. The van der Waals surface area contributed by atoms with E-state index in [0.29, 0.717) is 10.4 Å². The Bertz CT molecular complexity index is 951. The van der Waals surface area contributed by atoms with Gasteiger partial charge in [0.1, 0.15) is 5.75 Å². The second-order valence-corrected chi connectivity index (χ2v) is 7.32. The summed E-state index contributed by atoms with van der Waals surface area (Å²) in [7, 11) is 0. The van der Waals surface area contributed by atoms with Crippen LogP contribution in [0.1, 0.15) is 38.5 Å². The zero-order valence-electron chi connectivity index (χ0n) is 13.7. The minimum Gasteiger partial charge on any atom is -0.507 e. The molecular weight excluding hydrogens is 332 g/mol. The Balaban J connectivity index is 1.54. The molecule has 0 saturated carbocycles. The van der Waals surface area contributed by atoms with E-state index >= 15 is 0 Å². The highest BCUT2D eigenvalue weighted by molar-refractivity contribution is 7.14. The summed E-state index contributed by atoms with van der Waals surface area (Å²) in [5, 5.41) is 16.1. The quantitative estimate of drug-likeness (QED) is 0.548. The van der Waals surface area contributed by atoms with E-state index in [0.717, 1.165) is 23.6 Å². The maximum absolute atomic E-state index is 12.3. The molecule has 0 atom stereocenters. The van der Waals surface area contributed by atoms with Crippen LogP contribution in [0, 0.1) is 0 Å². The molecule has 4 nitrogen and oxygen atoms in total. The predicted molar refractivity (Wildman–Crippen MR) is 102 cm³/mol. The number of benzene rings is 2. The van der Waals surface area contributed by atoms with Gasteiger partial charge in [-0.05, 0) is 54.2 Å². The Hall–Kier alpha value is -2.66. The first-order valence-electron chi connectivity index (χ1n) is 8.38. The Morgan fingerprint density at radius 2 is 2.00 bits per heavy atom. The number of fused-ring (bicyclic) bond motifs is 2. The van der Waals surface area contributed by atoms with Crippen molar-refractivity contribution >= 4 is 34.2 Å². The van der Waals surface area contributed by atoms with Gasteiger partial charge in [0.05, 0.1) is 11.1 Å². The lowest BCUT2D eigenvalue weighted by Crippen LogP contribution is -2.16. The van der Waals surface area contributed by atoms with E-state index < -0.39 is 0 Å². The van der Waals surface area contributed by atoms with Crippen LogP contribution < -0.4 is 5.43 Å². The number of rotatable bonds is 3. The number of aryl methyl sites for hydroxylation is 2. The second kappa shape index (κ2) is 6.69. The van der Waals surface area contributed by atoms with Gasteiger partial charge in [-0.1, -0.05) is 30.3 Å². The summed E-state index contributed by atoms with van der Waals surface area (Å²) in [5.41, 5.74) is 4.48. The van der Waals surface area contributed by atoms with E-state index in [2.05, 4.69) is 10.5 Å². The number of phenols is 1. The Kier molecular flexibility index (Phi) is 4.24. The van der Waals surface area contributed by atoms with Gasteiger partial charge in [-0.15, -0.1) is 11.3 Å². The van der Waals surface area contributed by atoms with Gasteiger partial charge in [-0.3, -0.25) is 4.79 Å². The number of hydrogen-bond acceptors (Lipinski definition) is 4. The van der Waals surface area contributed by atoms with Crippen molar-refractivity contribution < 1.29 is 9.90 Å². The summed E-state index contributed by atoms with van der Waals surface area (Å²) in [5.74, 6) is -0.0568. The number of phenolic OH excluding ortho intramolecular Hbond substituents is 1. The fraction of sp³-hybridized carbons (Fsp3) is 0.200. The number of hydrogen-bond donors (Lipinski definition) is 2. The Morgan fingerprint density at radius 1 is 1.16 bits per heavy atom. The molecule has 25 heavy (non-hydrogen) atoms. The number of carbonyl (C=O) groups excluding carboxylic acids is 1. The molecule has 0 aliphatic heterocycles. The van der Waals surface area contributed by atoms with Gasteiger partial charge >= 0.3 is 0 Å². The van der Waals surface area contributed by atoms with Gasteiger partial charge in [0.2, 0.25) is 0 Å². The minimum absolute atomic E-state index is 0.142. The lowest BCUT2D eigenvalue weighted by atomic mass is 9.99. The number of nitrogens with one attached hydrogen (secondary N) is 1. The molecular formula is C20H18N2O2S. The fourth-order valence-electron chi connectivity index (χ4n) is 3.23. The second-order valence-electron chi connectivity index (χ2n) is 6.18. The van der Waals surface area contributed by atoms with Crippen molar-refractivity contribution in [3.63, 3.8) is 0 Å². The molecule has 0 bridgehead atoms. The van der Waals surface area contributed by atoms with E-state index in [9.17, 15) is 9.90 Å². The first kappa shape index (κ1) is 15.8. The van der Waals surface area contributed by atoms with Gasteiger partial charge in [-0.2, -0.15) is 5.10 Å². The zero-order chi connectivity index (χ0) is 17.2. The molecule has 1 aromatic heterocycles. The molecule has 2 aromatic carbocycles. The highest BCUT2D eigenvalue weighted by Crippen LogP contribution is 2.29. The summed E-state index contributed by atoms with van der Waals surface area (Å²) in [6, 6.07) is 13.2. The molecule has 0 unspecified atom stereocenters. The van der Waals surface area contributed by atoms with E-state index in [4.69, 9.17) is 0 Å². The number of aromatic hydroxyl groups is 1. The highest BCUT2D eigenvalue weighted by atomic mass is 32.1. The van der Waals surface area contributed by atoms with Crippen LogP contribution in [0.25, 0.3) is 10.8 Å². The predicted octanol–water partition coefficient (Wildman–Crippen LogP) is 4.25. The summed E-state index contributed by atoms with van der Waals surface area (Å²) < 4.78 is 0. The topological polar surface area (TPSA) is 61.7 Å². The molecule has 0 saturated heterocycles. The van der Waals surface area contributed by atoms with Crippen molar-refractivity contribution in [2.45, 2.75) is 25.7 Å². The van der Waals surface area contributed by atoms with Crippen molar-refractivity contribution in [1.29, 1.82) is 0 Å². The van der Waals surface area contributed by atoms with Crippen LogP contribution in [0.4, 0.5) is 0 Å². The number of thiophene rings is 1.